The lowest BCUT2D eigenvalue weighted by molar-refractivity contribution is -0.146. The van der Waals surface area contributed by atoms with Crippen molar-refractivity contribution in [2.45, 2.75) is 52.2 Å². The van der Waals surface area contributed by atoms with Crippen molar-refractivity contribution in [3.05, 3.63) is 0 Å². The Balaban J connectivity index is 2.42. The molecule has 1 N–H and O–H groups in total. The largest absolute Gasteiger partial charge is 0.480 e. The summed E-state index contributed by atoms with van der Waals surface area (Å²) in [5, 5.41) is 9.20. The molecular weight excluding hydrogens is 218 g/mol. The summed E-state index contributed by atoms with van der Waals surface area (Å²) in [6.45, 7) is 10.3. The number of nitrogens with zero attached hydrogens (tertiary/aromatic N) is 1. The Morgan fingerprint density at radius 2 is 2.12 bits per heavy atom. The molecule has 0 amide bonds. The van der Waals surface area contributed by atoms with E-state index in [0.717, 1.165) is 19.4 Å². The Morgan fingerprint density at radius 3 is 2.65 bits per heavy atom. The third-order valence-corrected chi connectivity index (χ3v) is 3.17. The molecule has 1 saturated heterocycles. The lowest BCUT2D eigenvalue weighted by atomic mass is 9.92. The van der Waals surface area contributed by atoms with Crippen LogP contribution in [0.4, 0.5) is 0 Å². The van der Waals surface area contributed by atoms with Crippen molar-refractivity contribution in [1.82, 2.24) is 4.90 Å². The molecular formula is C13H25NO3. The van der Waals surface area contributed by atoms with Gasteiger partial charge in [-0.15, -0.1) is 0 Å². The molecule has 0 aromatic heterocycles. The Labute approximate surface area is 104 Å². The summed E-state index contributed by atoms with van der Waals surface area (Å²) < 4.78 is 5.65. The quantitative estimate of drug-likeness (QED) is 0.820. The van der Waals surface area contributed by atoms with E-state index in [1.54, 1.807) is 0 Å². The third-order valence-electron chi connectivity index (χ3n) is 3.17. The molecule has 1 aliphatic rings. The van der Waals surface area contributed by atoms with Crippen molar-refractivity contribution < 1.29 is 14.6 Å². The van der Waals surface area contributed by atoms with Crippen LogP contribution in [-0.2, 0) is 9.53 Å². The number of carbonyl (C=O) groups is 1. The summed E-state index contributed by atoms with van der Waals surface area (Å²) in [6, 6.07) is -0.331. The van der Waals surface area contributed by atoms with Gasteiger partial charge in [0.15, 0.2) is 0 Å². The van der Waals surface area contributed by atoms with Gasteiger partial charge in [-0.05, 0) is 46.1 Å². The number of hydrogen-bond acceptors (Lipinski definition) is 3. The van der Waals surface area contributed by atoms with E-state index >= 15 is 0 Å². The van der Waals surface area contributed by atoms with Gasteiger partial charge in [-0.3, -0.25) is 9.69 Å². The second-order valence-corrected chi connectivity index (χ2v) is 5.98. The van der Waals surface area contributed by atoms with E-state index in [1.165, 1.54) is 0 Å². The summed E-state index contributed by atoms with van der Waals surface area (Å²) in [6.07, 6.45) is 1.84. The number of hydrogen-bond donors (Lipinski definition) is 1. The van der Waals surface area contributed by atoms with Crippen molar-refractivity contribution in [3.63, 3.8) is 0 Å². The van der Waals surface area contributed by atoms with E-state index in [1.807, 2.05) is 25.7 Å². The minimum absolute atomic E-state index is 0.151. The fraction of sp³-hybridized carbons (Fsp3) is 0.923. The van der Waals surface area contributed by atoms with Crippen molar-refractivity contribution in [1.29, 1.82) is 0 Å². The van der Waals surface area contributed by atoms with Gasteiger partial charge in [-0.25, -0.2) is 0 Å². The summed E-state index contributed by atoms with van der Waals surface area (Å²) in [4.78, 5) is 13.2. The van der Waals surface area contributed by atoms with Gasteiger partial charge in [-0.1, -0.05) is 6.92 Å². The van der Waals surface area contributed by atoms with Gasteiger partial charge >= 0.3 is 5.97 Å². The predicted octanol–water partition coefficient (Wildman–Crippen LogP) is 1.99. The van der Waals surface area contributed by atoms with Crippen LogP contribution in [0, 0.1) is 5.92 Å². The monoisotopic (exact) mass is 243 g/mol. The average Bonchev–Trinajstić information content (AvgIpc) is 2.18. The summed E-state index contributed by atoms with van der Waals surface area (Å²) in [7, 11) is 0. The first-order chi connectivity index (χ1) is 7.79. The topological polar surface area (TPSA) is 49.8 Å². The van der Waals surface area contributed by atoms with Gasteiger partial charge in [0.05, 0.1) is 12.2 Å². The van der Waals surface area contributed by atoms with Crippen LogP contribution in [0.2, 0.25) is 0 Å². The second kappa shape index (κ2) is 5.83. The van der Waals surface area contributed by atoms with E-state index in [4.69, 9.17) is 4.74 Å². The Hall–Kier alpha value is -0.610. The predicted molar refractivity (Wildman–Crippen MR) is 67.1 cm³/mol. The molecule has 2 unspecified atom stereocenters. The molecule has 0 spiro atoms. The number of ether oxygens (including phenoxy) is 1. The fourth-order valence-electron chi connectivity index (χ4n) is 2.18. The zero-order valence-electron chi connectivity index (χ0n) is 11.4. The Kier molecular flexibility index (Phi) is 4.95. The molecule has 0 aromatic carbocycles. The van der Waals surface area contributed by atoms with Crippen LogP contribution in [0.15, 0.2) is 0 Å². The van der Waals surface area contributed by atoms with Crippen molar-refractivity contribution >= 4 is 5.97 Å². The van der Waals surface area contributed by atoms with Crippen molar-refractivity contribution in [2.24, 2.45) is 5.92 Å². The third kappa shape index (κ3) is 5.04. The molecule has 0 aromatic rings. The number of piperidine rings is 1. The van der Waals surface area contributed by atoms with Crippen LogP contribution in [0.25, 0.3) is 0 Å². The maximum Gasteiger partial charge on any atom is 0.320 e. The fourth-order valence-corrected chi connectivity index (χ4v) is 2.18. The van der Waals surface area contributed by atoms with Crippen LogP contribution in [0.1, 0.15) is 40.5 Å². The molecule has 1 heterocycles. The molecule has 0 radical (unpaired) electrons. The highest BCUT2D eigenvalue weighted by molar-refractivity contribution is 5.73. The molecule has 0 aliphatic carbocycles. The Bertz CT molecular complexity index is 260. The SMILES string of the molecule is CC1CCN(CCOC(C)(C)C)C(C(=O)O)C1. The number of rotatable bonds is 4. The molecule has 0 saturated carbocycles. The highest BCUT2D eigenvalue weighted by Crippen LogP contribution is 2.22. The molecule has 2 atom stereocenters. The minimum atomic E-state index is -0.702. The van der Waals surface area contributed by atoms with E-state index in [0.29, 0.717) is 19.1 Å². The Morgan fingerprint density at radius 1 is 1.47 bits per heavy atom. The molecule has 1 fully saturated rings. The van der Waals surface area contributed by atoms with Crippen LogP contribution < -0.4 is 0 Å². The average molecular weight is 243 g/mol. The molecule has 0 bridgehead atoms. The van der Waals surface area contributed by atoms with Gasteiger partial charge in [0.25, 0.3) is 0 Å². The number of carboxylic acid groups (broad SMARTS) is 1. The number of aliphatic carboxylic acids is 1. The molecule has 4 heteroatoms. The number of carboxylic acids is 1. The normalized spacial score (nSPS) is 27.1. The maximum absolute atomic E-state index is 11.2. The standard InChI is InChI=1S/C13H25NO3/c1-10-5-6-14(11(9-10)12(15)16)7-8-17-13(2,3)4/h10-11H,5-9H2,1-4H3,(H,15,16). The first-order valence-electron chi connectivity index (χ1n) is 6.40. The van der Waals surface area contributed by atoms with E-state index in [2.05, 4.69) is 6.92 Å². The van der Waals surface area contributed by atoms with Gasteiger partial charge in [-0.2, -0.15) is 0 Å². The van der Waals surface area contributed by atoms with Gasteiger partial charge in [0.2, 0.25) is 0 Å². The molecule has 1 rings (SSSR count). The minimum Gasteiger partial charge on any atom is -0.480 e. The first kappa shape index (κ1) is 14.5. The summed E-state index contributed by atoms with van der Waals surface area (Å²) in [5.74, 6) is -0.191. The first-order valence-corrected chi connectivity index (χ1v) is 6.40. The second-order valence-electron chi connectivity index (χ2n) is 5.98. The van der Waals surface area contributed by atoms with Gasteiger partial charge < -0.3 is 9.84 Å². The van der Waals surface area contributed by atoms with Crippen LogP contribution in [0.5, 0.6) is 0 Å². The molecule has 100 valence electrons. The molecule has 1 aliphatic heterocycles. The number of likely N-dealkylation sites (tertiary alicyclic amines) is 1. The molecule has 17 heavy (non-hydrogen) atoms. The van der Waals surface area contributed by atoms with Crippen molar-refractivity contribution in [3.8, 4) is 0 Å². The summed E-state index contributed by atoms with van der Waals surface area (Å²) in [5.41, 5.74) is -0.151. The van der Waals surface area contributed by atoms with Crippen LogP contribution >= 0.6 is 0 Å². The van der Waals surface area contributed by atoms with E-state index in [9.17, 15) is 9.90 Å². The van der Waals surface area contributed by atoms with Gasteiger partial charge in [0, 0.05) is 6.54 Å². The summed E-state index contributed by atoms with van der Waals surface area (Å²) >= 11 is 0. The van der Waals surface area contributed by atoms with Gasteiger partial charge in [0.1, 0.15) is 6.04 Å². The van der Waals surface area contributed by atoms with E-state index in [-0.39, 0.29) is 11.6 Å². The van der Waals surface area contributed by atoms with Crippen molar-refractivity contribution in [2.75, 3.05) is 19.7 Å². The lowest BCUT2D eigenvalue weighted by Gasteiger charge is -2.36. The highest BCUT2D eigenvalue weighted by atomic mass is 16.5. The van der Waals surface area contributed by atoms with Crippen LogP contribution in [-0.4, -0.2) is 47.3 Å². The van der Waals surface area contributed by atoms with E-state index < -0.39 is 5.97 Å². The zero-order chi connectivity index (χ0) is 13.1. The smallest absolute Gasteiger partial charge is 0.320 e. The highest BCUT2D eigenvalue weighted by Gasteiger charge is 2.31. The maximum atomic E-state index is 11.2. The zero-order valence-corrected chi connectivity index (χ0v) is 11.4. The lowest BCUT2D eigenvalue weighted by Crippen LogP contribution is -2.48. The molecule has 4 nitrogen and oxygen atoms in total. The van der Waals surface area contributed by atoms with Crippen LogP contribution in [0.3, 0.4) is 0 Å².